The van der Waals surface area contributed by atoms with Crippen molar-refractivity contribution in [1.82, 2.24) is 5.32 Å². The lowest BCUT2D eigenvalue weighted by Gasteiger charge is -2.03. The highest BCUT2D eigenvalue weighted by molar-refractivity contribution is 6.03. The van der Waals surface area contributed by atoms with Crippen molar-refractivity contribution >= 4 is 17.9 Å². The third-order valence-corrected chi connectivity index (χ3v) is 3.45. The number of benzene rings is 1. The predicted molar refractivity (Wildman–Crippen MR) is 101 cm³/mol. The van der Waals surface area contributed by atoms with Crippen molar-refractivity contribution in [2.24, 2.45) is 10.7 Å². The van der Waals surface area contributed by atoms with Crippen LogP contribution in [-0.2, 0) is 4.79 Å². The Morgan fingerprint density at radius 2 is 1.96 bits per heavy atom. The summed E-state index contributed by atoms with van der Waals surface area (Å²) in [4.78, 5) is 16.0. The fourth-order valence-corrected chi connectivity index (χ4v) is 2.16. The Labute approximate surface area is 144 Å². The molecule has 4 nitrogen and oxygen atoms in total. The number of hydrogen-bond acceptors (Lipinski definition) is 2. The molecule has 0 atom stereocenters. The average Bonchev–Trinajstić information content (AvgIpc) is 2.59. The molecule has 0 aliphatic carbocycles. The number of unbranched alkanes of at least 4 members (excludes halogenated alkanes) is 4. The highest BCUT2D eigenvalue weighted by Crippen LogP contribution is 2.11. The second-order valence-corrected chi connectivity index (χ2v) is 5.52. The summed E-state index contributed by atoms with van der Waals surface area (Å²) in [6, 6.07) is 9.58. The van der Waals surface area contributed by atoms with Crippen LogP contribution in [0.25, 0.3) is 6.08 Å². The molecule has 1 rings (SSSR count). The number of hydrogen-bond donors (Lipinski definition) is 2. The van der Waals surface area contributed by atoms with Crippen molar-refractivity contribution in [1.29, 1.82) is 0 Å². The van der Waals surface area contributed by atoms with E-state index in [2.05, 4.69) is 29.5 Å². The van der Waals surface area contributed by atoms with Crippen molar-refractivity contribution in [3.05, 3.63) is 60.0 Å². The van der Waals surface area contributed by atoms with Gasteiger partial charge >= 0.3 is 0 Å². The SMILES string of the molecule is C=C=C(CCCCCCC)N=C(N)NC(=O)/C=C/c1ccccc1. The van der Waals surface area contributed by atoms with Crippen LogP contribution >= 0.6 is 0 Å². The molecule has 4 heteroatoms. The summed E-state index contributed by atoms with van der Waals surface area (Å²) in [7, 11) is 0. The van der Waals surface area contributed by atoms with Gasteiger partial charge in [-0.25, -0.2) is 4.99 Å². The molecule has 0 aliphatic rings. The average molecular weight is 325 g/mol. The van der Waals surface area contributed by atoms with Gasteiger partial charge in [0, 0.05) is 6.08 Å². The van der Waals surface area contributed by atoms with Crippen molar-refractivity contribution in [3.8, 4) is 0 Å². The van der Waals surface area contributed by atoms with Crippen LogP contribution in [0.1, 0.15) is 51.0 Å². The van der Waals surface area contributed by atoms with Crippen LogP contribution in [0.15, 0.2) is 59.4 Å². The fourth-order valence-electron chi connectivity index (χ4n) is 2.16. The van der Waals surface area contributed by atoms with E-state index in [1.165, 1.54) is 25.3 Å². The van der Waals surface area contributed by atoms with Gasteiger partial charge in [0.05, 0.1) is 5.70 Å². The lowest BCUT2D eigenvalue weighted by Crippen LogP contribution is -2.35. The Morgan fingerprint density at radius 3 is 2.62 bits per heavy atom. The molecule has 1 amide bonds. The van der Waals surface area contributed by atoms with E-state index in [0.717, 1.165) is 24.8 Å². The first-order valence-corrected chi connectivity index (χ1v) is 8.43. The van der Waals surface area contributed by atoms with Gasteiger partial charge in [0.1, 0.15) is 0 Å². The molecule has 3 N–H and O–H groups in total. The largest absolute Gasteiger partial charge is 0.369 e. The molecule has 24 heavy (non-hydrogen) atoms. The number of guanidine groups is 1. The molecule has 1 aromatic rings. The molecule has 0 aliphatic heterocycles. The molecule has 128 valence electrons. The zero-order valence-electron chi connectivity index (χ0n) is 14.4. The van der Waals surface area contributed by atoms with Crippen molar-refractivity contribution in [2.75, 3.05) is 0 Å². The van der Waals surface area contributed by atoms with Crippen LogP contribution in [0.4, 0.5) is 0 Å². The van der Waals surface area contributed by atoms with Gasteiger partial charge in [0.2, 0.25) is 5.96 Å². The van der Waals surface area contributed by atoms with E-state index in [1.807, 2.05) is 30.3 Å². The Bertz CT molecular complexity index is 611. The quantitative estimate of drug-likeness (QED) is 0.235. The maximum absolute atomic E-state index is 11.8. The normalized spacial score (nSPS) is 11.3. The molecule has 0 fully saturated rings. The first kappa shape index (κ1) is 19.5. The van der Waals surface area contributed by atoms with E-state index in [1.54, 1.807) is 6.08 Å². The maximum Gasteiger partial charge on any atom is 0.250 e. The second-order valence-electron chi connectivity index (χ2n) is 5.52. The Kier molecular flexibility index (Phi) is 9.67. The van der Waals surface area contributed by atoms with Crippen LogP contribution in [0.2, 0.25) is 0 Å². The Balaban J connectivity index is 2.44. The van der Waals surface area contributed by atoms with Crippen LogP contribution in [-0.4, -0.2) is 11.9 Å². The predicted octanol–water partition coefficient (Wildman–Crippen LogP) is 4.16. The van der Waals surface area contributed by atoms with Gasteiger partial charge in [-0.2, -0.15) is 0 Å². The molecule has 0 unspecified atom stereocenters. The van der Waals surface area contributed by atoms with Crippen molar-refractivity contribution in [2.45, 2.75) is 45.4 Å². The number of nitrogens with one attached hydrogen (secondary N) is 1. The summed E-state index contributed by atoms with van der Waals surface area (Å²) in [5, 5.41) is 2.54. The smallest absolute Gasteiger partial charge is 0.250 e. The van der Waals surface area contributed by atoms with Crippen molar-refractivity contribution in [3.63, 3.8) is 0 Å². The third-order valence-electron chi connectivity index (χ3n) is 3.45. The highest BCUT2D eigenvalue weighted by atomic mass is 16.1. The summed E-state index contributed by atoms with van der Waals surface area (Å²) in [6.07, 6.45) is 9.79. The van der Waals surface area contributed by atoms with E-state index in [-0.39, 0.29) is 11.9 Å². The zero-order chi connectivity index (χ0) is 17.6. The standard InChI is InChI=1S/C20H27N3O/c1-3-5-6-7-11-14-18(4-2)22-20(21)23-19(24)16-15-17-12-9-8-10-13-17/h8-10,12-13,15-16H,2-3,5-7,11,14H2,1H3,(H3,21,22,23,24)/b16-15+. The molecule has 0 bridgehead atoms. The van der Waals surface area contributed by atoms with E-state index < -0.39 is 0 Å². The number of rotatable bonds is 9. The number of carbonyl (C=O) groups excluding carboxylic acids is 1. The molecule has 0 heterocycles. The molecule has 0 spiro atoms. The van der Waals surface area contributed by atoms with E-state index in [0.29, 0.717) is 5.70 Å². The molecule has 0 saturated heterocycles. The highest BCUT2D eigenvalue weighted by Gasteiger charge is 2.01. The van der Waals surface area contributed by atoms with Crippen LogP contribution in [0.5, 0.6) is 0 Å². The molecule has 0 aromatic heterocycles. The monoisotopic (exact) mass is 325 g/mol. The number of aliphatic imine (C=N–C) groups is 1. The first-order chi connectivity index (χ1) is 11.7. The van der Waals surface area contributed by atoms with Crippen LogP contribution in [0.3, 0.4) is 0 Å². The minimum atomic E-state index is -0.313. The maximum atomic E-state index is 11.8. The summed E-state index contributed by atoms with van der Waals surface area (Å²) in [5.41, 5.74) is 10.2. The Hall–Kier alpha value is -2.58. The number of allylic oxidation sites excluding steroid dienone is 1. The molecular formula is C20H27N3O. The number of carbonyl (C=O) groups is 1. The minimum Gasteiger partial charge on any atom is -0.369 e. The van der Waals surface area contributed by atoms with Gasteiger partial charge in [-0.05, 0) is 24.5 Å². The molecular weight excluding hydrogens is 298 g/mol. The number of nitrogens with two attached hydrogens (primary N) is 1. The molecule has 1 aromatic carbocycles. The fraction of sp³-hybridized carbons (Fsp3) is 0.350. The summed E-state index contributed by atoms with van der Waals surface area (Å²) in [6.45, 7) is 5.82. The van der Waals surface area contributed by atoms with Gasteiger partial charge in [-0.1, -0.05) is 69.5 Å². The van der Waals surface area contributed by atoms with Crippen LogP contribution < -0.4 is 11.1 Å². The lowest BCUT2D eigenvalue weighted by molar-refractivity contribution is -0.115. The van der Waals surface area contributed by atoms with E-state index >= 15 is 0 Å². The molecule has 0 saturated carbocycles. The van der Waals surface area contributed by atoms with Gasteiger partial charge in [0.25, 0.3) is 5.91 Å². The van der Waals surface area contributed by atoms with Gasteiger partial charge in [-0.3, -0.25) is 10.1 Å². The summed E-state index contributed by atoms with van der Waals surface area (Å²) in [5.74, 6) is -0.246. The van der Waals surface area contributed by atoms with Crippen molar-refractivity contribution < 1.29 is 4.79 Å². The minimum absolute atomic E-state index is 0.0671. The van der Waals surface area contributed by atoms with Gasteiger partial charge in [-0.15, -0.1) is 5.73 Å². The third kappa shape index (κ3) is 8.76. The van der Waals surface area contributed by atoms with E-state index in [4.69, 9.17) is 5.73 Å². The number of nitrogens with zero attached hydrogens (tertiary/aromatic N) is 1. The number of amides is 1. The second kappa shape index (κ2) is 11.9. The van der Waals surface area contributed by atoms with Gasteiger partial charge in [0.15, 0.2) is 0 Å². The van der Waals surface area contributed by atoms with Gasteiger partial charge < -0.3 is 5.73 Å². The Morgan fingerprint density at radius 1 is 1.25 bits per heavy atom. The van der Waals surface area contributed by atoms with Crippen LogP contribution in [0, 0.1) is 0 Å². The topological polar surface area (TPSA) is 67.5 Å². The molecule has 0 radical (unpaired) electrons. The summed E-state index contributed by atoms with van der Waals surface area (Å²) < 4.78 is 0. The first-order valence-electron chi connectivity index (χ1n) is 8.43. The zero-order valence-corrected chi connectivity index (χ0v) is 14.4. The lowest BCUT2D eigenvalue weighted by atomic mass is 10.1. The summed E-state index contributed by atoms with van der Waals surface area (Å²) >= 11 is 0. The van der Waals surface area contributed by atoms with E-state index in [9.17, 15) is 4.79 Å².